The summed E-state index contributed by atoms with van der Waals surface area (Å²) >= 11 is 0. The van der Waals surface area contributed by atoms with Crippen molar-refractivity contribution in [3.8, 4) is 11.5 Å². The molecule has 2 atom stereocenters. The lowest BCUT2D eigenvalue weighted by molar-refractivity contribution is -0.126. The van der Waals surface area contributed by atoms with E-state index in [1.165, 1.54) is 0 Å². The number of carbonyl (C=O) groups is 3. The molecule has 1 saturated heterocycles. The fraction of sp³-hybridized carbons (Fsp3) is 0.286. The zero-order valence-electron chi connectivity index (χ0n) is 15.8. The Labute approximate surface area is 168 Å². The van der Waals surface area contributed by atoms with Crippen LogP contribution in [-0.2, 0) is 9.59 Å². The van der Waals surface area contributed by atoms with Crippen LogP contribution in [0.25, 0.3) is 0 Å². The molecule has 8 nitrogen and oxygen atoms in total. The lowest BCUT2D eigenvalue weighted by atomic mass is 10.1. The number of carbonyl (C=O) groups excluding carboxylic acids is 3. The van der Waals surface area contributed by atoms with Gasteiger partial charge in [-0.25, -0.2) is 0 Å². The molecule has 0 unspecified atom stereocenters. The monoisotopic (exact) mass is 397 g/mol. The summed E-state index contributed by atoms with van der Waals surface area (Å²) in [5, 5.41) is 16.6. The van der Waals surface area contributed by atoms with Crippen molar-refractivity contribution in [2.45, 2.75) is 24.9 Å². The number of aliphatic hydroxyl groups excluding tert-OH is 1. The zero-order valence-corrected chi connectivity index (χ0v) is 15.8. The SMILES string of the molecule is O=C(N[C@H]1C[C@@H](C(=O)NCCCO)NC1=O)c1cccc(Oc2ccccc2)c1. The Kier molecular flexibility index (Phi) is 6.80. The van der Waals surface area contributed by atoms with Crippen molar-refractivity contribution in [2.75, 3.05) is 13.2 Å². The Morgan fingerprint density at radius 2 is 1.86 bits per heavy atom. The van der Waals surface area contributed by atoms with Crippen LogP contribution in [0.15, 0.2) is 54.6 Å². The van der Waals surface area contributed by atoms with Gasteiger partial charge in [-0.1, -0.05) is 24.3 Å². The van der Waals surface area contributed by atoms with Gasteiger partial charge in [0.25, 0.3) is 5.91 Å². The first-order chi connectivity index (χ1) is 14.1. The molecule has 2 aromatic rings. The average Bonchev–Trinajstić information content (AvgIpc) is 3.09. The molecule has 8 heteroatoms. The van der Waals surface area contributed by atoms with Crippen molar-refractivity contribution in [1.82, 2.24) is 16.0 Å². The summed E-state index contributed by atoms with van der Waals surface area (Å²) in [6.07, 6.45) is 0.601. The van der Waals surface area contributed by atoms with E-state index in [0.717, 1.165) is 0 Å². The molecule has 2 aromatic carbocycles. The van der Waals surface area contributed by atoms with E-state index in [0.29, 0.717) is 30.0 Å². The molecule has 1 aliphatic rings. The first-order valence-corrected chi connectivity index (χ1v) is 9.39. The second kappa shape index (κ2) is 9.70. The van der Waals surface area contributed by atoms with Gasteiger partial charge in [0, 0.05) is 25.1 Å². The summed E-state index contributed by atoms with van der Waals surface area (Å²) in [5.74, 6) is -0.0136. The third-order valence-corrected chi connectivity index (χ3v) is 4.44. The Hall–Kier alpha value is -3.39. The minimum atomic E-state index is -0.796. The van der Waals surface area contributed by atoms with Gasteiger partial charge in [0.15, 0.2) is 0 Å². The molecule has 0 saturated carbocycles. The van der Waals surface area contributed by atoms with Gasteiger partial charge in [0.1, 0.15) is 23.6 Å². The number of para-hydroxylation sites is 1. The molecule has 152 valence electrons. The van der Waals surface area contributed by atoms with E-state index < -0.39 is 23.9 Å². The predicted molar refractivity (Wildman–Crippen MR) is 105 cm³/mol. The number of hydrogen-bond donors (Lipinski definition) is 4. The lowest BCUT2D eigenvalue weighted by Gasteiger charge is -2.12. The molecular weight excluding hydrogens is 374 g/mol. The number of aliphatic hydroxyl groups is 1. The molecule has 1 aliphatic heterocycles. The van der Waals surface area contributed by atoms with Crippen LogP contribution in [-0.4, -0.2) is 48.1 Å². The molecule has 3 rings (SSSR count). The van der Waals surface area contributed by atoms with Crippen molar-refractivity contribution in [3.63, 3.8) is 0 Å². The quantitative estimate of drug-likeness (QED) is 0.495. The number of nitrogens with one attached hydrogen (secondary N) is 3. The normalized spacial score (nSPS) is 18.0. The van der Waals surface area contributed by atoms with Crippen LogP contribution in [0, 0.1) is 0 Å². The van der Waals surface area contributed by atoms with Crippen molar-refractivity contribution < 1.29 is 24.2 Å². The molecule has 0 bridgehead atoms. The van der Waals surface area contributed by atoms with Crippen LogP contribution in [0.1, 0.15) is 23.2 Å². The summed E-state index contributed by atoms with van der Waals surface area (Å²) in [4.78, 5) is 36.7. The number of benzene rings is 2. The first-order valence-electron chi connectivity index (χ1n) is 9.39. The van der Waals surface area contributed by atoms with Gasteiger partial charge in [-0.2, -0.15) is 0 Å². The minimum absolute atomic E-state index is 0.0248. The molecule has 29 heavy (non-hydrogen) atoms. The molecule has 3 amide bonds. The number of amides is 3. The maximum Gasteiger partial charge on any atom is 0.252 e. The van der Waals surface area contributed by atoms with E-state index >= 15 is 0 Å². The number of hydrogen-bond acceptors (Lipinski definition) is 5. The van der Waals surface area contributed by atoms with Gasteiger partial charge in [-0.3, -0.25) is 14.4 Å². The lowest BCUT2D eigenvalue weighted by Crippen LogP contribution is -2.42. The van der Waals surface area contributed by atoms with E-state index in [4.69, 9.17) is 9.84 Å². The Balaban J connectivity index is 1.58. The van der Waals surface area contributed by atoms with E-state index in [9.17, 15) is 14.4 Å². The van der Waals surface area contributed by atoms with Crippen molar-refractivity contribution in [3.05, 3.63) is 60.2 Å². The predicted octanol–water partition coefficient (Wildman–Crippen LogP) is 0.964. The van der Waals surface area contributed by atoms with E-state index in [2.05, 4.69) is 16.0 Å². The standard InChI is InChI=1S/C21H23N3O5/c25-11-5-10-22-20(27)17-13-18(21(28)24-17)23-19(26)14-6-4-9-16(12-14)29-15-7-2-1-3-8-15/h1-4,6-9,12,17-18,25H,5,10-11,13H2,(H,22,27)(H,23,26)(H,24,28)/t17-,18-/m0/s1. The fourth-order valence-corrected chi connectivity index (χ4v) is 2.95. The van der Waals surface area contributed by atoms with Crippen LogP contribution in [0.5, 0.6) is 11.5 Å². The van der Waals surface area contributed by atoms with Gasteiger partial charge >= 0.3 is 0 Å². The van der Waals surface area contributed by atoms with Crippen molar-refractivity contribution >= 4 is 17.7 Å². The van der Waals surface area contributed by atoms with Gasteiger partial charge in [0.05, 0.1) is 0 Å². The average molecular weight is 397 g/mol. The molecule has 0 radical (unpaired) electrons. The van der Waals surface area contributed by atoms with Crippen molar-refractivity contribution in [2.24, 2.45) is 0 Å². The van der Waals surface area contributed by atoms with E-state index in [1.807, 2.05) is 18.2 Å². The first kappa shape index (κ1) is 20.3. The Bertz CT molecular complexity index is 872. The largest absolute Gasteiger partial charge is 0.457 e. The van der Waals surface area contributed by atoms with E-state index in [1.54, 1.807) is 36.4 Å². The maximum absolute atomic E-state index is 12.6. The Morgan fingerprint density at radius 3 is 2.62 bits per heavy atom. The summed E-state index contributed by atoms with van der Waals surface area (Å²) in [5.41, 5.74) is 0.349. The second-order valence-electron chi connectivity index (χ2n) is 6.63. The van der Waals surface area contributed by atoms with Crippen LogP contribution < -0.4 is 20.7 Å². The summed E-state index contributed by atoms with van der Waals surface area (Å²) in [7, 11) is 0. The summed E-state index contributed by atoms with van der Waals surface area (Å²) in [6, 6.07) is 14.3. The molecule has 0 aromatic heterocycles. The third-order valence-electron chi connectivity index (χ3n) is 4.44. The van der Waals surface area contributed by atoms with Crippen LogP contribution in [0.3, 0.4) is 0 Å². The highest BCUT2D eigenvalue weighted by atomic mass is 16.5. The molecule has 1 heterocycles. The summed E-state index contributed by atoms with van der Waals surface area (Å²) < 4.78 is 5.73. The highest BCUT2D eigenvalue weighted by Crippen LogP contribution is 2.22. The molecule has 4 N–H and O–H groups in total. The third kappa shape index (κ3) is 5.55. The van der Waals surface area contributed by atoms with Crippen LogP contribution in [0.4, 0.5) is 0 Å². The van der Waals surface area contributed by atoms with Gasteiger partial charge < -0.3 is 25.8 Å². The molecule has 1 fully saturated rings. The van der Waals surface area contributed by atoms with Gasteiger partial charge in [0.2, 0.25) is 11.8 Å². The van der Waals surface area contributed by atoms with Crippen molar-refractivity contribution in [1.29, 1.82) is 0 Å². The highest BCUT2D eigenvalue weighted by molar-refractivity contribution is 6.00. The molecular formula is C21H23N3O5. The second-order valence-corrected chi connectivity index (χ2v) is 6.63. The number of rotatable bonds is 8. The zero-order chi connectivity index (χ0) is 20.6. The van der Waals surface area contributed by atoms with Gasteiger partial charge in [-0.15, -0.1) is 0 Å². The van der Waals surface area contributed by atoms with Gasteiger partial charge in [-0.05, 0) is 36.8 Å². The van der Waals surface area contributed by atoms with Crippen LogP contribution >= 0.6 is 0 Å². The van der Waals surface area contributed by atoms with Crippen LogP contribution in [0.2, 0.25) is 0 Å². The summed E-state index contributed by atoms with van der Waals surface area (Å²) in [6.45, 7) is 0.302. The van der Waals surface area contributed by atoms with E-state index in [-0.39, 0.29) is 18.9 Å². The highest BCUT2D eigenvalue weighted by Gasteiger charge is 2.36. The number of ether oxygens (including phenoxy) is 1. The fourth-order valence-electron chi connectivity index (χ4n) is 2.95. The minimum Gasteiger partial charge on any atom is -0.457 e. The smallest absolute Gasteiger partial charge is 0.252 e. The molecule has 0 spiro atoms. The topological polar surface area (TPSA) is 117 Å². The Morgan fingerprint density at radius 1 is 1.10 bits per heavy atom. The molecule has 0 aliphatic carbocycles. The maximum atomic E-state index is 12.6.